The summed E-state index contributed by atoms with van der Waals surface area (Å²) >= 11 is 10.9. The van der Waals surface area contributed by atoms with Gasteiger partial charge in [0.1, 0.15) is 0 Å². The molecular formula is C13H8BrClN2OS. The number of fused-ring (bicyclic) bond motifs is 1. The van der Waals surface area contributed by atoms with E-state index in [2.05, 4.69) is 20.9 Å². The zero-order valence-electron chi connectivity index (χ0n) is 9.64. The maximum Gasteiger partial charge on any atom is 0.193 e. The molecule has 0 bridgehead atoms. The number of hydrogen-bond acceptors (Lipinski definition) is 3. The first kappa shape index (κ1) is 12.8. The Hall–Kier alpha value is -1.17. The first-order valence-corrected chi connectivity index (χ1v) is 7.58. The second-order valence-electron chi connectivity index (χ2n) is 4.05. The lowest BCUT2D eigenvalue weighted by molar-refractivity contribution is 0.0992. The van der Waals surface area contributed by atoms with E-state index >= 15 is 0 Å². The highest BCUT2D eigenvalue weighted by atomic mass is 79.9. The monoisotopic (exact) mass is 354 g/mol. The quantitative estimate of drug-likeness (QED) is 0.659. The summed E-state index contributed by atoms with van der Waals surface area (Å²) in [6.07, 6.45) is 4.06. The van der Waals surface area contributed by atoms with Gasteiger partial charge in [0, 0.05) is 27.8 Å². The molecule has 0 radical (unpaired) electrons. The smallest absolute Gasteiger partial charge is 0.193 e. The average molecular weight is 356 g/mol. The highest BCUT2D eigenvalue weighted by molar-refractivity contribution is 9.10. The highest BCUT2D eigenvalue weighted by Crippen LogP contribution is 2.23. The molecule has 0 unspecified atom stereocenters. The third-order valence-electron chi connectivity index (χ3n) is 2.72. The number of nitrogens with zero attached hydrogens (tertiary/aromatic N) is 2. The first-order valence-electron chi connectivity index (χ1n) is 5.53. The fourth-order valence-corrected chi connectivity index (χ4v) is 3.33. The summed E-state index contributed by atoms with van der Waals surface area (Å²) in [5.74, 6) is -0.0248. The van der Waals surface area contributed by atoms with Crippen molar-refractivity contribution in [3.63, 3.8) is 0 Å². The molecule has 0 aliphatic rings. The molecule has 0 atom stereocenters. The summed E-state index contributed by atoms with van der Waals surface area (Å²) < 4.78 is 2.77. The van der Waals surface area contributed by atoms with Crippen LogP contribution in [0.15, 0.2) is 40.4 Å². The molecule has 2 heterocycles. The van der Waals surface area contributed by atoms with Crippen LogP contribution in [0.2, 0.25) is 5.02 Å². The van der Waals surface area contributed by atoms with Crippen LogP contribution in [-0.2, 0) is 6.42 Å². The van der Waals surface area contributed by atoms with E-state index in [4.69, 9.17) is 11.6 Å². The maximum absolute atomic E-state index is 12.2. The second kappa shape index (κ2) is 5.07. The molecule has 2 aromatic heterocycles. The molecule has 0 amide bonds. The number of halogens is 2. The number of rotatable bonds is 3. The van der Waals surface area contributed by atoms with E-state index in [0.717, 1.165) is 15.1 Å². The molecule has 0 aliphatic heterocycles. The third-order valence-corrected chi connectivity index (χ3v) is 4.29. The zero-order chi connectivity index (χ0) is 13.4. The molecule has 3 rings (SSSR count). The van der Waals surface area contributed by atoms with Gasteiger partial charge in [0.05, 0.1) is 17.1 Å². The molecule has 19 heavy (non-hydrogen) atoms. The van der Waals surface area contributed by atoms with Gasteiger partial charge >= 0.3 is 0 Å². The number of aromatic nitrogens is 2. The van der Waals surface area contributed by atoms with Crippen molar-refractivity contribution in [2.75, 3.05) is 0 Å². The van der Waals surface area contributed by atoms with Crippen molar-refractivity contribution in [3.05, 3.63) is 56.7 Å². The van der Waals surface area contributed by atoms with E-state index in [9.17, 15) is 4.79 Å². The lowest BCUT2D eigenvalue weighted by Crippen LogP contribution is -2.04. The molecule has 6 heteroatoms. The van der Waals surface area contributed by atoms with Gasteiger partial charge in [-0.2, -0.15) is 0 Å². The topological polar surface area (TPSA) is 34.4 Å². The molecule has 0 N–H and O–H groups in total. The highest BCUT2D eigenvalue weighted by Gasteiger charge is 2.13. The van der Waals surface area contributed by atoms with Gasteiger partial charge in [-0.1, -0.05) is 27.5 Å². The summed E-state index contributed by atoms with van der Waals surface area (Å²) in [4.78, 5) is 17.5. The average Bonchev–Trinajstić information content (AvgIpc) is 2.89. The fraction of sp³-hybridized carbons (Fsp3) is 0.0769. The minimum Gasteiger partial charge on any atom is -0.297 e. The van der Waals surface area contributed by atoms with Crippen molar-refractivity contribution in [1.82, 2.24) is 9.38 Å². The minimum absolute atomic E-state index is 0.0248. The van der Waals surface area contributed by atoms with Crippen molar-refractivity contribution < 1.29 is 4.79 Å². The van der Waals surface area contributed by atoms with Gasteiger partial charge in [0.2, 0.25) is 0 Å². The Bertz CT molecular complexity index is 736. The Morgan fingerprint density at radius 3 is 3.05 bits per heavy atom. The zero-order valence-corrected chi connectivity index (χ0v) is 12.8. The van der Waals surface area contributed by atoms with Crippen LogP contribution in [0.5, 0.6) is 0 Å². The van der Waals surface area contributed by atoms with E-state index < -0.39 is 0 Å². The number of Topliss-reactive ketones (excluding diaryl/α,β-unsaturated/α-hetero) is 1. The van der Waals surface area contributed by atoms with Gasteiger partial charge in [-0.05, 0) is 18.2 Å². The summed E-state index contributed by atoms with van der Waals surface area (Å²) in [6, 6.07) is 5.26. The van der Waals surface area contributed by atoms with Crippen LogP contribution in [0, 0.1) is 0 Å². The number of carbonyl (C=O) groups excluding carboxylic acids is 1. The summed E-state index contributed by atoms with van der Waals surface area (Å²) in [6.45, 7) is 0. The van der Waals surface area contributed by atoms with E-state index in [-0.39, 0.29) is 12.2 Å². The Morgan fingerprint density at radius 1 is 1.47 bits per heavy atom. The summed E-state index contributed by atoms with van der Waals surface area (Å²) in [5.41, 5.74) is 1.29. The largest absolute Gasteiger partial charge is 0.297 e. The number of ketones is 1. The lowest BCUT2D eigenvalue weighted by atomic mass is 10.1. The minimum atomic E-state index is -0.0248. The molecular weight excluding hydrogens is 348 g/mol. The van der Waals surface area contributed by atoms with Crippen LogP contribution in [0.1, 0.15) is 16.1 Å². The van der Waals surface area contributed by atoms with Crippen LogP contribution >= 0.6 is 38.9 Å². The molecule has 0 fully saturated rings. The van der Waals surface area contributed by atoms with Gasteiger partial charge < -0.3 is 0 Å². The predicted octanol–water partition coefficient (Wildman–Crippen LogP) is 4.24. The van der Waals surface area contributed by atoms with Crippen LogP contribution < -0.4 is 0 Å². The maximum atomic E-state index is 12.2. The molecule has 96 valence electrons. The standard InChI is InChI=1S/C13H8BrClN2OS/c14-8-1-2-10(11(15)5-8)12(18)6-9-7-17-3-4-19-13(17)16-9/h1-5,7H,6H2. The van der Waals surface area contributed by atoms with Crippen molar-refractivity contribution in [2.45, 2.75) is 6.42 Å². The lowest BCUT2D eigenvalue weighted by Gasteiger charge is -2.02. The fourth-order valence-electron chi connectivity index (χ4n) is 1.84. The van der Waals surface area contributed by atoms with E-state index in [1.54, 1.807) is 23.5 Å². The van der Waals surface area contributed by atoms with Crippen LogP contribution in [0.25, 0.3) is 4.96 Å². The number of hydrogen-bond donors (Lipinski definition) is 0. The number of benzene rings is 1. The number of carbonyl (C=O) groups is 1. The number of imidazole rings is 1. The molecule has 3 nitrogen and oxygen atoms in total. The Labute approximate surface area is 127 Å². The van der Waals surface area contributed by atoms with Crippen LogP contribution in [0.3, 0.4) is 0 Å². The molecule has 0 saturated carbocycles. The van der Waals surface area contributed by atoms with Crippen LogP contribution in [-0.4, -0.2) is 15.2 Å². The van der Waals surface area contributed by atoms with Gasteiger partial charge in [-0.25, -0.2) is 4.98 Å². The van der Waals surface area contributed by atoms with E-state index in [1.165, 1.54) is 0 Å². The normalized spacial score (nSPS) is 11.1. The van der Waals surface area contributed by atoms with Gasteiger partial charge in [0.25, 0.3) is 0 Å². The summed E-state index contributed by atoms with van der Waals surface area (Å²) in [5, 5.41) is 2.42. The Morgan fingerprint density at radius 2 is 2.32 bits per heavy atom. The van der Waals surface area contributed by atoms with Gasteiger partial charge in [-0.3, -0.25) is 9.20 Å². The van der Waals surface area contributed by atoms with Crippen molar-refractivity contribution in [1.29, 1.82) is 0 Å². The molecule has 1 aromatic carbocycles. The Balaban J connectivity index is 1.86. The molecule has 0 aliphatic carbocycles. The Kier molecular flexibility index (Phi) is 3.43. The second-order valence-corrected chi connectivity index (χ2v) is 6.25. The van der Waals surface area contributed by atoms with Gasteiger partial charge in [-0.15, -0.1) is 11.3 Å². The van der Waals surface area contributed by atoms with Crippen molar-refractivity contribution >= 4 is 49.6 Å². The van der Waals surface area contributed by atoms with E-state index in [1.807, 2.05) is 28.2 Å². The van der Waals surface area contributed by atoms with Crippen molar-refractivity contribution in [2.24, 2.45) is 0 Å². The van der Waals surface area contributed by atoms with E-state index in [0.29, 0.717) is 10.6 Å². The SMILES string of the molecule is O=C(Cc1cn2ccsc2n1)c1ccc(Br)cc1Cl. The first-order chi connectivity index (χ1) is 9.13. The van der Waals surface area contributed by atoms with Gasteiger partial charge in [0.15, 0.2) is 10.7 Å². The van der Waals surface area contributed by atoms with Crippen LogP contribution in [0.4, 0.5) is 0 Å². The predicted molar refractivity (Wildman–Crippen MR) is 80.3 cm³/mol. The van der Waals surface area contributed by atoms with Crippen molar-refractivity contribution in [3.8, 4) is 0 Å². The third kappa shape index (κ3) is 2.59. The summed E-state index contributed by atoms with van der Waals surface area (Å²) in [7, 11) is 0. The number of thiazole rings is 1. The molecule has 3 aromatic rings. The molecule has 0 spiro atoms. The molecule has 0 saturated heterocycles.